The molecule has 1 aliphatic carbocycles. The number of halogens is 1. The molecule has 0 saturated heterocycles. The third-order valence-corrected chi connectivity index (χ3v) is 2.61. The van der Waals surface area contributed by atoms with Gasteiger partial charge in [0, 0.05) is 0 Å². The number of allylic oxidation sites excluding steroid dienone is 5. The summed E-state index contributed by atoms with van der Waals surface area (Å²) in [4.78, 5) is 0. The van der Waals surface area contributed by atoms with E-state index in [-0.39, 0.29) is 12.5 Å². The van der Waals surface area contributed by atoms with Crippen LogP contribution >= 0.6 is 11.6 Å². The summed E-state index contributed by atoms with van der Waals surface area (Å²) in [6, 6.07) is 0. The molecule has 1 aliphatic rings. The van der Waals surface area contributed by atoms with Gasteiger partial charge in [-0.3, -0.25) is 0 Å². The minimum atomic E-state index is -0.599. The van der Waals surface area contributed by atoms with Gasteiger partial charge >= 0.3 is 0 Å². The van der Waals surface area contributed by atoms with Crippen molar-refractivity contribution < 1.29 is 9.84 Å². The van der Waals surface area contributed by atoms with Gasteiger partial charge in [-0.1, -0.05) is 17.7 Å². The first-order chi connectivity index (χ1) is 7.13. The molecule has 0 aromatic carbocycles. The van der Waals surface area contributed by atoms with Crippen molar-refractivity contribution in [1.29, 1.82) is 0 Å². The van der Waals surface area contributed by atoms with Crippen LogP contribution in [-0.2, 0) is 4.74 Å². The Kier molecular flexibility index (Phi) is 4.92. The van der Waals surface area contributed by atoms with E-state index in [1.165, 1.54) is 11.1 Å². The zero-order valence-electron chi connectivity index (χ0n) is 9.16. The number of hydrogen-bond donors (Lipinski definition) is 1. The maximum absolute atomic E-state index is 9.28. The first-order valence-electron chi connectivity index (χ1n) is 5.05. The summed E-state index contributed by atoms with van der Waals surface area (Å²) in [6.07, 6.45) is 6.40. The number of hydrogen-bond acceptors (Lipinski definition) is 2. The first kappa shape index (κ1) is 12.3. The van der Waals surface area contributed by atoms with Crippen LogP contribution in [0.15, 0.2) is 35.1 Å². The van der Waals surface area contributed by atoms with E-state index in [1.807, 2.05) is 19.1 Å². The minimum Gasteiger partial charge on any atom is -0.491 e. The quantitative estimate of drug-likeness (QED) is 0.750. The Labute approximate surface area is 95.9 Å². The Balaban J connectivity index is 2.57. The Morgan fingerprint density at radius 2 is 2.20 bits per heavy atom. The van der Waals surface area contributed by atoms with Crippen molar-refractivity contribution >= 4 is 11.6 Å². The summed E-state index contributed by atoms with van der Waals surface area (Å²) in [7, 11) is 0. The van der Waals surface area contributed by atoms with E-state index in [0.717, 1.165) is 12.2 Å². The Hall–Kier alpha value is -0.730. The van der Waals surface area contributed by atoms with Crippen molar-refractivity contribution in [1.82, 2.24) is 0 Å². The maximum atomic E-state index is 9.28. The molecule has 0 fully saturated rings. The highest BCUT2D eigenvalue weighted by Crippen LogP contribution is 2.18. The summed E-state index contributed by atoms with van der Waals surface area (Å²) in [6.45, 7) is 4.34. The van der Waals surface area contributed by atoms with Gasteiger partial charge in [-0.25, -0.2) is 0 Å². The van der Waals surface area contributed by atoms with Crippen LogP contribution in [0.2, 0.25) is 0 Å². The van der Waals surface area contributed by atoms with Crippen LogP contribution in [0.1, 0.15) is 20.3 Å². The molecule has 0 aliphatic heterocycles. The third-order valence-electron chi connectivity index (χ3n) is 2.26. The molecule has 0 aromatic heterocycles. The molecule has 0 bridgehead atoms. The van der Waals surface area contributed by atoms with Crippen LogP contribution in [0.4, 0.5) is 0 Å². The standard InChI is InChI=1S/C12H17ClO2/c1-9-3-5-10(2)12(6-4-9)15-8-11(14)7-13/h3-4,6,11,14H,5,7-8H2,1-2H3. The van der Waals surface area contributed by atoms with Gasteiger partial charge in [-0.2, -0.15) is 0 Å². The van der Waals surface area contributed by atoms with Gasteiger partial charge in [0.15, 0.2) is 0 Å². The van der Waals surface area contributed by atoms with Crippen molar-refractivity contribution in [3.05, 3.63) is 35.1 Å². The van der Waals surface area contributed by atoms with E-state index in [2.05, 4.69) is 13.0 Å². The van der Waals surface area contributed by atoms with E-state index >= 15 is 0 Å². The summed E-state index contributed by atoms with van der Waals surface area (Å²) in [5.41, 5.74) is 2.40. The Morgan fingerprint density at radius 3 is 2.87 bits per heavy atom. The van der Waals surface area contributed by atoms with Crippen LogP contribution in [0, 0.1) is 0 Å². The zero-order valence-corrected chi connectivity index (χ0v) is 9.92. The Morgan fingerprint density at radius 1 is 1.47 bits per heavy atom. The third kappa shape index (κ3) is 4.10. The van der Waals surface area contributed by atoms with E-state index in [9.17, 15) is 5.11 Å². The van der Waals surface area contributed by atoms with Crippen molar-refractivity contribution in [2.24, 2.45) is 0 Å². The number of alkyl halides is 1. The zero-order chi connectivity index (χ0) is 11.3. The highest BCUT2D eigenvalue weighted by molar-refractivity contribution is 6.18. The van der Waals surface area contributed by atoms with Crippen LogP contribution in [0.3, 0.4) is 0 Å². The van der Waals surface area contributed by atoms with E-state index in [1.54, 1.807) is 0 Å². The first-order valence-corrected chi connectivity index (χ1v) is 5.58. The lowest BCUT2D eigenvalue weighted by molar-refractivity contribution is 0.0893. The fourth-order valence-corrected chi connectivity index (χ4v) is 1.32. The molecule has 1 atom stereocenters. The van der Waals surface area contributed by atoms with Gasteiger partial charge in [0.25, 0.3) is 0 Å². The second kappa shape index (κ2) is 5.99. The fourth-order valence-electron chi connectivity index (χ4n) is 1.23. The molecule has 2 nitrogen and oxygen atoms in total. The van der Waals surface area contributed by atoms with Gasteiger partial charge in [-0.05, 0) is 31.9 Å². The number of aliphatic hydroxyl groups excluding tert-OH is 1. The number of ether oxygens (including phenoxy) is 1. The lowest BCUT2D eigenvalue weighted by Gasteiger charge is -2.12. The molecule has 0 amide bonds. The molecular weight excluding hydrogens is 212 g/mol. The SMILES string of the molecule is CC1=CCC(C)=C(OCC(O)CCl)C=C1. The average Bonchev–Trinajstić information content (AvgIpc) is 2.39. The summed E-state index contributed by atoms with van der Waals surface area (Å²) < 4.78 is 5.50. The Bertz CT molecular complexity index is 303. The monoisotopic (exact) mass is 228 g/mol. The van der Waals surface area contributed by atoms with Crippen molar-refractivity contribution in [3.8, 4) is 0 Å². The predicted octanol–water partition coefficient (Wildman–Crippen LogP) is 2.78. The number of aliphatic hydroxyl groups is 1. The summed E-state index contributed by atoms with van der Waals surface area (Å²) >= 11 is 5.49. The largest absolute Gasteiger partial charge is 0.491 e. The molecular formula is C12H17ClO2. The van der Waals surface area contributed by atoms with Crippen molar-refractivity contribution in [2.45, 2.75) is 26.4 Å². The highest BCUT2D eigenvalue weighted by Gasteiger charge is 2.07. The molecule has 0 aromatic rings. The van der Waals surface area contributed by atoms with Crippen molar-refractivity contribution in [3.63, 3.8) is 0 Å². The maximum Gasteiger partial charge on any atom is 0.118 e. The van der Waals surface area contributed by atoms with Gasteiger partial charge in [-0.15, -0.1) is 11.6 Å². The summed E-state index contributed by atoms with van der Waals surface area (Å²) in [5, 5.41) is 9.28. The topological polar surface area (TPSA) is 29.5 Å². The molecule has 1 unspecified atom stereocenters. The van der Waals surface area contributed by atoms with Crippen LogP contribution in [0.25, 0.3) is 0 Å². The average molecular weight is 229 g/mol. The lowest BCUT2D eigenvalue weighted by atomic mass is 10.2. The second-order valence-corrected chi connectivity index (χ2v) is 4.06. The molecule has 1 rings (SSSR count). The lowest BCUT2D eigenvalue weighted by Crippen LogP contribution is -2.16. The van der Waals surface area contributed by atoms with Gasteiger partial charge in [0.2, 0.25) is 0 Å². The molecule has 0 spiro atoms. The molecule has 3 heteroatoms. The molecule has 84 valence electrons. The van der Waals surface area contributed by atoms with Gasteiger partial charge < -0.3 is 9.84 Å². The smallest absolute Gasteiger partial charge is 0.118 e. The van der Waals surface area contributed by atoms with Gasteiger partial charge in [0.1, 0.15) is 18.5 Å². The number of rotatable bonds is 4. The molecule has 0 radical (unpaired) electrons. The van der Waals surface area contributed by atoms with Crippen LogP contribution in [-0.4, -0.2) is 23.7 Å². The van der Waals surface area contributed by atoms with Crippen LogP contribution < -0.4 is 0 Å². The summed E-state index contributed by atoms with van der Waals surface area (Å²) in [5.74, 6) is 1.04. The van der Waals surface area contributed by atoms with Crippen molar-refractivity contribution in [2.75, 3.05) is 12.5 Å². The highest BCUT2D eigenvalue weighted by atomic mass is 35.5. The van der Waals surface area contributed by atoms with Gasteiger partial charge in [0.05, 0.1) is 5.88 Å². The fraction of sp³-hybridized carbons (Fsp3) is 0.500. The molecule has 0 heterocycles. The minimum absolute atomic E-state index is 0.202. The molecule has 1 N–H and O–H groups in total. The van der Waals surface area contributed by atoms with E-state index in [0.29, 0.717) is 0 Å². The molecule has 0 saturated carbocycles. The molecule has 15 heavy (non-hydrogen) atoms. The van der Waals surface area contributed by atoms with Crippen LogP contribution in [0.5, 0.6) is 0 Å². The van der Waals surface area contributed by atoms with E-state index < -0.39 is 6.10 Å². The predicted molar refractivity (Wildman–Crippen MR) is 62.9 cm³/mol. The van der Waals surface area contributed by atoms with E-state index in [4.69, 9.17) is 16.3 Å². The normalized spacial score (nSPS) is 18.5. The second-order valence-electron chi connectivity index (χ2n) is 3.75.